The van der Waals surface area contributed by atoms with Crippen LogP contribution in [0.15, 0.2) is 18.3 Å². The lowest BCUT2D eigenvalue weighted by Crippen LogP contribution is -2.34. The summed E-state index contributed by atoms with van der Waals surface area (Å²) in [6, 6.07) is 4.12. The molecule has 1 aromatic rings. The third-order valence-corrected chi connectivity index (χ3v) is 2.64. The average Bonchev–Trinajstić information content (AvgIpc) is 2.35. The molecule has 0 aliphatic heterocycles. The molecule has 0 saturated carbocycles. The molecule has 1 heterocycles. The molecule has 3 N–H and O–H groups in total. The highest BCUT2D eigenvalue weighted by Gasteiger charge is 2.12. The van der Waals surface area contributed by atoms with Crippen molar-refractivity contribution in [3.05, 3.63) is 24.0 Å². The van der Waals surface area contributed by atoms with Crippen LogP contribution in [0.3, 0.4) is 0 Å². The van der Waals surface area contributed by atoms with Crippen molar-refractivity contribution in [2.24, 2.45) is 5.73 Å². The van der Waals surface area contributed by atoms with Crippen LogP contribution in [0.2, 0.25) is 0 Å². The van der Waals surface area contributed by atoms with Gasteiger partial charge < -0.3 is 15.8 Å². The fourth-order valence-electron chi connectivity index (χ4n) is 1.47. The third kappa shape index (κ3) is 3.47. The summed E-state index contributed by atoms with van der Waals surface area (Å²) < 4.78 is 5.27. The number of methoxy groups -OCH3 is 1. The summed E-state index contributed by atoms with van der Waals surface area (Å²) in [4.78, 5) is 4.32. The molecule has 2 unspecified atom stereocenters. The normalized spacial score (nSPS) is 14.5. The Labute approximate surface area is 97.2 Å². The number of nitrogens with one attached hydrogen (secondary N) is 1. The summed E-state index contributed by atoms with van der Waals surface area (Å²) in [6.07, 6.45) is 2.74. The zero-order valence-corrected chi connectivity index (χ0v) is 10.2. The molecule has 0 bridgehead atoms. The minimum atomic E-state index is 0.147. The van der Waals surface area contributed by atoms with E-state index in [0.29, 0.717) is 0 Å². The van der Waals surface area contributed by atoms with Crippen LogP contribution in [-0.4, -0.2) is 24.7 Å². The van der Waals surface area contributed by atoms with Gasteiger partial charge in [-0.1, -0.05) is 6.92 Å². The van der Waals surface area contributed by atoms with Gasteiger partial charge in [0.1, 0.15) is 5.75 Å². The molecule has 0 radical (unpaired) electrons. The second-order valence-corrected chi connectivity index (χ2v) is 3.89. The van der Waals surface area contributed by atoms with E-state index < -0.39 is 0 Å². The van der Waals surface area contributed by atoms with Crippen LogP contribution in [0.4, 0.5) is 0 Å². The Kier molecular flexibility index (Phi) is 5.22. The van der Waals surface area contributed by atoms with Crippen molar-refractivity contribution in [3.63, 3.8) is 0 Å². The van der Waals surface area contributed by atoms with Gasteiger partial charge in [-0.2, -0.15) is 0 Å². The number of hydrogen-bond donors (Lipinski definition) is 2. The first-order valence-corrected chi connectivity index (χ1v) is 5.66. The van der Waals surface area contributed by atoms with Crippen LogP contribution in [-0.2, 0) is 0 Å². The van der Waals surface area contributed by atoms with Crippen molar-refractivity contribution in [2.45, 2.75) is 32.4 Å². The van der Waals surface area contributed by atoms with E-state index in [0.717, 1.165) is 24.4 Å². The van der Waals surface area contributed by atoms with Crippen LogP contribution < -0.4 is 15.8 Å². The van der Waals surface area contributed by atoms with Gasteiger partial charge in [0.05, 0.1) is 18.8 Å². The molecule has 0 aliphatic rings. The molecule has 1 aromatic heterocycles. The average molecular weight is 223 g/mol. The van der Waals surface area contributed by atoms with Crippen LogP contribution in [0.5, 0.6) is 5.75 Å². The van der Waals surface area contributed by atoms with E-state index in [4.69, 9.17) is 10.5 Å². The van der Waals surface area contributed by atoms with E-state index >= 15 is 0 Å². The van der Waals surface area contributed by atoms with Crippen molar-refractivity contribution < 1.29 is 4.74 Å². The summed E-state index contributed by atoms with van der Waals surface area (Å²) >= 11 is 0. The minimum Gasteiger partial charge on any atom is -0.495 e. The largest absolute Gasteiger partial charge is 0.495 e. The number of hydrogen-bond acceptors (Lipinski definition) is 4. The Morgan fingerprint density at radius 2 is 2.31 bits per heavy atom. The van der Waals surface area contributed by atoms with Crippen LogP contribution in [0, 0.1) is 0 Å². The van der Waals surface area contributed by atoms with Crippen molar-refractivity contribution in [1.29, 1.82) is 0 Å². The lowest BCUT2D eigenvalue weighted by atomic mass is 10.1. The predicted octanol–water partition coefficient (Wildman–Crippen LogP) is 1.48. The van der Waals surface area contributed by atoms with Gasteiger partial charge in [0.2, 0.25) is 0 Å². The Bertz CT molecular complexity index is 317. The summed E-state index contributed by atoms with van der Waals surface area (Å²) in [7, 11) is 1.66. The van der Waals surface area contributed by atoms with E-state index in [1.807, 2.05) is 12.1 Å². The molecule has 4 nitrogen and oxygen atoms in total. The summed E-state index contributed by atoms with van der Waals surface area (Å²) in [6.45, 7) is 4.93. The molecule has 1 rings (SSSR count). The number of pyridine rings is 1. The molecule has 90 valence electrons. The first-order chi connectivity index (χ1) is 7.69. The highest BCUT2D eigenvalue weighted by atomic mass is 16.5. The summed E-state index contributed by atoms with van der Waals surface area (Å²) in [5, 5.41) is 3.36. The fourth-order valence-corrected chi connectivity index (χ4v) is 1.47. The number of aromatic nitrogens is 1. The molecule has 2 atom stereocenters. The van der Waals surface area contributed by atoms with E-state index in [-0.39, 0.29) is 12.1 Å². The molecule has 0 aliphatic carbocycles. The van der Waals surface area contributed by atoms with Gasteiger partial charge in [0.15, 0.2) is 0 Å². The van der Waals surface area contributed by atoms with Gasteiger partial charge >= 0.3 is 0 Å². The molecule has 16 heavy (non-hydrogen) atoms. The lowest BCUT2D eigenvalue weighted by molar-refractivity contribution is 0.395. The Morgan fingerprint density at radius 3 is 2.94 bits per heavy atom. The lowest BCUT2D eigenvalue weighted by Gasteiger charge is -2.18. The van der Waals surface area contributed by atoms with Gasteiger partial charge in [-0.3, -0.25) is 4.98 Å². The quantitative estimate of drug-likeness (QED) is 0.767. The minimum absolute atomic E-state index is 0.147. The number of nitrogens with two attached hydrogens (primary N) is 1. The standard InChI is InChI=1S/C12H21N3O/c1-4-10(13)8-15-9(2)12-11(16-3)6-5-7-14-12/h5-7,9-10,15H,4,8,13H2,1-3H3. The zero-order chi connectivity index (χ0) is 12.0. The van der Waals surface area contributed by atoms with E-state index in [2.05, 4.69) is 24.1 Å². The number of nitrogens with zero attached hydrogens (tertiary/aromatic N) is 1. The maximum absolute atomic E-state index is 5.86. The highest BCUT2D eigenvalue weighted by Crippen LogP contribution is 2.21. The zero-order valence-electron chi connectivity index (χ0n) is 10.2. The SMILES string of the molecule is CCC(N)CNC(C)c1ncccc1OC. The smallest absolute Gasteiger partial charge is 0.141 e. The highest BCUT2D eigenvalue weighted by molar-refractivity contribution is 5.29. The second kappa shape index (κ2) is 6.45. The Hall–Kier alpha value is -1.13. The van der Waals surface area contributed by atoms with Crippen LogP contribution in [0.25, 0.3) is 0 Å². The molecular formula is C12H21N3O. The summed E-state index contributed by atoms with van der Waals surface area (Å²) in [5.41, 5.74) is 6.78. The molecular weight excluding hydrogens is 202 g/mol. The topological polar surface area (TPSA) is 60.2 Å². The van der Waals surface area contributed by atoms with Gasteiger partial charge in [-0.05, 0) is 25.5 Å². The number of ether oxygens (including phenoxy) is 1. The predicted molar refractivity (Wildman–Crippen MR) is 65.5 cm³/mol. The second-order valence-electron chi connectivity index (χ2n) is 3.89. The molecule has 0 spiro atoms. The Balaban J connectivity index is 2.61. The van der Waals surface area contributed by atoms with Crippen molar-refractivity contribution in [1.82, 2.24) is 10.3 Å². The maximum atomic E-state index is 5.86. The monoisotopic (exact) mass is 223 g/mol. The maximum Gasteiger partial charge on any atom is 0.141 e. The molecule has 0 amide bonds. The Morgan fingerprint density at radius 1 is 1.56 bits per heavy atom. The number of rotatable bonds is 6. The van der Waals surface area contributed by atoms with Gasteiger partial charge in [-0.25, -0.2) is 0 Å². The molecule has 0 fully saturated rings. The van der Waals surface area contributed by atoms with Gasteiger partial charge in [0.25, 0.3) is 0 Å². The molecule has 4 heteroatoms. The fraction of sp³-hybridized carbons (Fsp3) is 0.583. The van der Waals surface area contributed by atoms with E-state index in [9.17, 15) is 0 Å². The van der Waals surface area contributed by atoms with Crippen molar-refractivity contribution in [2.75, 3.05) is 13.7 Å². The first-order valence-electron chi connectivity index (χ1n) is 5.66. The van der Waals surface area contributed by atoms with Gasteiger partial charge in [-0.15, -0.1) is 0 Å². The third-order valence-electron chi connectivity index (χ3n) is 2.64. The first kappa shape index (κ1) is 12.9. The molecule has 0 aromatic carbocycles. The summed E-state index contributed by atoms with van der Waals surface area (Å²) in [5.74, 6) is 0.813. The van der Waals surface area contributed by atoms with Crippen LogP contribution in [0.1, 0.15) is 32.0 Å². The van der Waals surface area contributed by atoms with Gasteiger partial charge in [0, 0.05) is 18.8 Å². The van der Waals surface area contributed by atoms with E-state index in [1.54, 1.807) is 13.3 Å². The molecule has 0 saturated heterocycles. The van der Waals surface area contributed by atoms with Crippen molar-refractivity contribution in [3.8, 4) is 5.75 Å². The van der Waals surface area contributed by atoms with Crippen molar-refractivity contribution >= 4 is 0 Å². The van der Waals surface area contributed by atoms with E-state index in [1.165, 1.54) is 0 Å². The van der Waals surface area contributed by atoms with Crippen LogP contribution >= 0.6 is 0 Å².